The van der Waals surface area contributed by atoms with Crippen LogP contribution in [0.15, 0.2) is 18.7 Å². The summed E-state index contributed by atoms with van der Waals surface area (Å²) in [5.41, 5.74) is 7.32. The molecule has 0 spiro atoms. The molecular formula is C16H19ClN6O2. The molecule has 1 amide bonds. The van der Waals surface area contributed by atoms with Gasteiger partial charge in [0, 0.05) is 18.2 Å². The molecule has 8 nitrogen and oxygen atoms in total. The lowest BCUT2D eigenvalue weighted by Gasteiger charge is -2.38. The fourth-order valence-electron chi connectivity index (χ4n) is 4.06. The van der Waals surface area contributed by atoms with E-state index in [1.807, 2.05) is 9.58 Å². The molecule has 2 aromatic rings. The van der Waals surface area contributed by atoms with Crippen LogP contribution < -0.4 is 5.73 Å². The SMILES string of the molecule is C=CCOC(=O)N1C2CCC1CC(n1nc(N)c3nnc(Cl)cc31)C2. The summed E-state index contributed by atoms with van der Waals surface area (Å²) in [5.74, 6) is 0.347. The first-order chi connectivity index (χ1) is 12.1. The van der Waals surface area contributed by atoms with Gasteiger partial charge < -0.3 is 15.4 Å². The molecule has 2 fully saturated rings. The predicted molar refractivity (Wildman–Crippen MR) is 93.2 cm³/mol. The van der Waals surface area contributed by atoms with Gasteiger partial charge in [-0.3, -0.25) is 4.68 Å². The molecule has 2 aromatic heterocycles. The first-order valence-electron chi connectivity index (χ1n) is 8.31. The van der Waals surface area contributed by atoms with Gasteiger partial charge in [0.05, 0.1) is 11.6 Å². The Bertz CT molecular complexity index is 823. The second-order valence-electron chi connectivity index (χ2n) is 6.51. The van der Waals surface area contributed by atoms with Crippen LogP contribution in [0.1, 0.15) is 31.7 Å². The summed E-state index contributed by atoms with van der Waals surface area (Å²) in [4.78, 5) is 14.2. The van der Waals surface area contributed by atoms with Gasteiger partial charge in [0.25, 0.3) is 0 Å². The van der Waals surface area contributed by atoms with Crippen molar-refractivity contribution in [2.45, 2.75) is 43.8 Å². The molecule has 2 aliphatic rings. The van der Waals surface area contributed by atoms with Crippen molar-refractivity contribution in [2.24, 2.45) is 0 Å². The largest absolute Gasteiger partial charge is 0.445 e. The smallest absolute Gasteiger partial charge is 0.410 e. The number of rotatable bonds is 3. The fraction of sp³-hybridized carbons (Fsp3) is 0.500. The highest BCUT2D eigenvalue weighted by Crippen LogP contribution is 2.42. The normalized spacial score (nSPS) is 25.3. The Balaban J connectivity index is 1.60. The molecule has 0 aromatic carbocycles. The lowest BCUT2D eigenvalue weighted by molar-refractivity contribution is 0.0644. The van der Waals surface area contributed by atoms with Crippen LogP contribution >= 0.6 is 11.6 Å². The van der Waals surface area contributed by atoms with Gasteiger partial charge in [0.15, 0.2) is 16.5 Å². The van der Waals surface area contributed by atoms with Crippen molar-refractivity contribution in [1.29, 1.82) is 0 Å². The Kier molecular flexibility index (Phi) is 3.99. The summed E-state index contributed by atoms with van der Waals surface area (Å²) in [7, 11) is 0. The van der Waals surface area contributed by atoms with Crippen molar-refractivity contribution in [3.8, 4) is 0 Å². The van der Waals surface area contributed by atoms with Crippen molar-refractivity contribution in [1.82, 2.24) is 24.9 Å². The zero-order valence-corrected chi connectivity index (χ0v) is 14.4. The van der Waals surface area contributed by atoms with Crippen LogP contribution in [0.4, 0.5) is 10.6 Å². The number of ether oxygens (including phenoxy) is 1. The number of nitrogens with two attached hydrogens (primary N) is 1. The van der Waals surface area contributed by atoms with E-state index >= 15 is 0 Å². The minimum Gasteiger partial charge on any atom is -0.445 e. The van der Waals surface area contributed by atoms with Gasteiger partial charge >= 0.3 is 6.09 Å². The summed E-state index contributed by atoms with van der Waals surface area (Å²) < 4.78 is 7.13. The number of fused-ring (bicyclic) bond motifs is 3. The third kappa shape index (κ3) is 2.70. The van der Waals surface area contributed by atoms with Crippen molar-refractivity contribution < 1.29 is 9.53 Å². The van der Waals surface area contributed by atoms with Gasteiger partial charge in [0.2, 0.25) is 0 Å². The van der Waals surface area contributed by atoms with Crippen LogP contribution in [0, 0.1) is 0 Å². The van der Waals surface area contributed by atoms with E-state index in [9.17, 15) is 4.79 Å². The van der Waals surface area contributed by atoms with E-state index in [0.717, 1.165) is 31.2 Å². The van der Waals surface area contributed by atoms with E-state index in [0.29, 0.717) is 16.5 Å². The molecule has 2 N–H and O–H groups in total. The van der Waals surface area contributed by atoms with Crippen molar-refractivity contribution >= 4 is 34.5 Å². The van der Waals surface area contributed by atoms with Crippen LogP contribution in [0.25, 0.3) is 11.0 Å². The van der Waals surface area contributed by atoms with Gasteiger partial charge in [0.1, 0.15) is 6.61 Å². The third-order valence-electron chi connectivity index (χ3n) is 5.04. The highest BCUT2D eigenvalue weighted by Gasteiger charge is 2.45. The van der Waals surface area contributed by atoms with Crippen LogP contribution in [0.3, 0.4) is 0 Å². The van der Waals surface area contributed by atoms with Crippen LogP contribution in [0.5, 0.6) is 0 Å². The highest BCUT2D eigenvalue weighted by molar-refractivity contribution is 6.29. The van der Waals surface area contributed by atoms with Gasteiger partial charge in [-0.15, -0.1) is 10.2 Å². The molecule has 2 atom stereocenters. The molecule has 2 bridgehead atoms. The fourth-order valence-corrected chi connectivity index (χ4v) is 4.20. The standard InChI is InChI=1S/C16H19ClN6O2/c1-2-5-25-16(24)22-9-3-4-10(22)7-11(6-9)23-12-8-13(17)19-20-14(12)15(18)21-23/h2,8-11H,1,3-7H2,(H2,18,21). The Morgan fingerprint density at radius 1 is 1.36 bits per heavy atom. The molecule has 132 valence electrons. The predicted octanol–water partition coefficient (Wildman–Crippen LogP) is 2.55. The molecule has 0 radical (unpaired) electrons. The number of aromatic nitrogens is 4. The number of anilines is 1. The topological polar surface area (TPSA) is 99.2 Å². The highest BCUT2D eigenvalue weighted by atomic mass is 35.5. The first kappa shape index (κ1) is 16.1. The Hall–Kier alpha value is -2.35. The average molecular weight is 363 g/mol. The summed E-state index contributed by atoms with van der Waals surface area (Å²) in [6.07, 6.45) is 4.87. The maximum atomic E-state index is 12.3. The number of nitrogens with zero attached hydrogens (tertiary/aromatic N) is 5. The molecule has 25 heavy (non-hydrogen) atoms. The summed E-state index contributed by atoms with van der Waals surface area (Å²) >= 11 is 5.99. The number of piperidine rings is 1. The zero-order valence-electron chi connectivity index (χ0n) is 13.6. The number of amides is 1. The van der Waals surface area contributed by atoms with Crippen LogP contribution in [0.2, 0.25) is 5.15 Å². The minimum atomic E-state index is -0.260. The first-order valence-corrected chi connectivity index (χ1v) is 8.69. The van der Waals surface area contributed by atoms with Gasteiger partial charge in [-0.2, -0.15) is 5.10 Å². The van der Waals surface area contributed by atoms with Gasteiger partial charge in [-0.25, -0.2) is 4.79 Å². The Morgan fingerprint density at radius 2 is 2.08 bits per heavy atom. The summed E-state index contributed by atoms with van der Waals surface area (Å²) in [5, 5.41) is 12.6. The van der Waals surface area contributed by atoms with Crippen molar-refractivity contribution in [3.63, 3.8) is 0 Å². The monoisotopic (exact) mass is 362 g/mol. The van der Waals surface area contributed by atoms with Gasteiger partial charge in [-0.05, 0) is 25.7 Å². The molecule has 0 saturated carbocycles. The molecule has 2 unspecified atom stereocenters. The van der Waals surface area contributed by atoms with E-state index < -0.39 is 0 Å². The van der Waals surface area contributed by atoms with E-state index in [4.69, 9.17) is 22.1 Å². The second-order valence-corrected chi connectivity index (χ2v) is 6.90. The van der Waals surface area contributed by atoms with Crippen LogP contribution in [-0.4, -0.2) is 49.7 Å². The lowest BCUT2D eigenvalue weighted by Crippen LogP contribution is -2.47. The van der Waals surface area contributed by atoms with Crippen molar-refractivity contribution in [3.05, 3.63) is 23.9 Å². The third-order valence-corrected chi connectivity index (χ3v) is 5.22. The molecule has 4 rings (SSSR count). The summed E-state index contributed by atoms with van der Waals surface area (Å²) in [6, 6.07) is 2.17. The molecule has 9 heteroatoms. The molecular weight excluding hydrogens is 344 g/mol. The maximum Gasteiger partial charge on any atom is 0.410 e. The quantitative estimate of drug-likeness (QED) is 0.842. The van der Waals surface area contributed by atoms with Gasteiger partial charge in [-0.1, -0.05) is 24.3 Å². The van der Waals surface area contributed by atoms with E-state index in [1.54, 1.807) is 12.1 Å². The van der Waals surface area contributed by atoms with Crippen LogP contribution in [-0.2, 0) is 4.74 Å². The Labute approximate surface area is 149 Å². The number of carbonyl (C=O) groups excluding carboxylic acids is 1. The van der Waals surface area contributed by atoms with E-state index in [2.05, 4.69) is 21.9 Å². The van der Waals surface area contributed by atoms with E-state index in [-0.39, 0.29) is 30.8 Å². The zero-order chi connectivity index (χ0) is 17.6. The molecule has 2 saturated heterocycles. The number of hydrogen-bond acceptors (Lipinski definition) is 6. The number of hydrogen-bond donors (Lipinski definition) is 1. The molecule has 4 heterocycles. The van der Waals surface area contributed by atoms with Crippen molar-refractivity contribution in [2.75, 3.05) is 12.3 Å². The number of nitrogen functional groups attached to an aromatic ring is 1. The minimum absolute atomic E-state index is 0.140. The second kappa shape index (κ2) is 6.18. The average Bonchev–Trinajstić information content (AvgIpc) is 3.06. The molecule has 0 aliphatic carbocycles. The number of halogens is 1. The lowest BCUT2D eigenvalue weighted by atomic mass is 9.98. The number of carbonyl (C=O) groups is 1. The Morgan fingerprint density at radius 3 is 2.76 bits per heavy atom. The van der Waals surface area contributed by atoms with E-state index in [1.165, 1.54) is 0 Å². The summed E-state index contributed by atoms with van der Waals surface area (Å²) in [6.45, 7) is 3.81. The molecule has 2 aliphatic heterocycles. The maximum absolute atomic E-state index is 12.3.